The van der Waals surface area contributed by atoms with Crippen LogP contribution in [0.15, 0.2) is 53.5 Å². The average molecular weight is 416 g/mol. The first kappa shape index (κ1) is 21.5. The van der Waals surface area contributed by atoms with Gasteiger partial charge in [-0.1, -0.05) is 24.3 Å². The van der Waals surface area contributed by atoms with Crippen LogP contribution in [0.4, 0.5) is 14.5 Å². The van der Waals surface area contributed by atoms with Crippen molar-refractivity contribution >= 4 is 17.6 Å². The van der Waals surface area contributed by atoms with Crippen LogP contribution in [0.5, 0.6) is 5.75 Å². The molecular formula is C22H26F2N4O2. The molecular weight excluding hydrogens is 390 g/mol. The topological polar surface area (TPSA) is 66.0 Å². The van der Waals surface area contributed by atoms with Crippen LogP contribution in [-0.4, -0.2) is 31.6 Å². The lowest BCUT2D eigenvalue weighted by molar-refractivity contribution is -0.117. The van der Waals surface area contributed by atoms with Crippen molar-refractivity contribution in [3.05, 3.63) is 59.7 Å². The van der Waals surface area contributed by atoms with Crippen molar-refractivity contribution in [2.24, 2.45) is 4.99 Å². The molecule has 0 saturated carbocycles. The smallest absolute Gasteiger partial charge is 0.387 e. The molecule has 2 N–H and O–H groups in total. The summed E-state index contributed by atoms with van der Waals surface area (Å²) < 4.78 is 29.2. The molecule has 8 heteroatoms. The number of aliphatic imine (C=N–C) groups is 1. The molecule has 0 atom stereocenters. The third-order valence-corrected chi connectivity index (χ3v) is 4.67. The Morgan fingerprint density at radius 3 is 2.63 bits per heavy atom. The zero-order valence-corrected chi connectivity index (χ0v) is 16.9. The molecule has 160 valence electrons. The fourth-order valence-corrected chi connectivity index (χ4v) is 3.23. The number of amides is 1. The number of hydrogen-bond acceptors (Lipinski definition) is 3. The van der Waals surface area contributed by atoms with Crippen molar-refractivity contribution < 1.29 is 18.3 Å². The highest BCUT2D eigenvalue weighted by Gasteiger charge is 2.21. The number of carbonyl (C=O) groups is 1. The van der Waals surface area contributed by atoms with E-state index in [9.17, 15) is 13.6 Å². The molecule has 1 aliphatic heterocycles. The molecule has 1 heterocycles. The highest BCUT2D eigenvalue weighted by atomic mass is 19.3. The van der Waals surface area contributed by atoms with E-state index in [2.05, 4.69) is 20.4 Å². The minimum atomic E-state index is -2.85. The highest BCUT2D eigenvalue weighted by Crippen LogP contribution is 2.21. The summed E-state index contributed by atoms with van der Waals surface area (Å²) >= 11 is 0. The van der Waals surface area contributed by atoms with Crippen LogP contribution in [0.25, 0.3) is 0 Å². The molecule has 30 heavy (non-hydrogen) atoms. The van der Waals surface area contributed by atoms with Crippen LogP contribution < -0.4 is 20.3 Å². The molecule has 1 amide bonds. The molecule has 0 spiro atoms. The van der Waals surface area contributed by atoms with Crippen LogP contribution in [0.2, 0.25) is 0 Å². The molecule has 6 nitrogen and oxygen atoms in total. The highest BCUT2D eigenvalue weighted by molar-refractivity contribution is 5.95. The van der Waals surface area contributed by atoms with Gasteiger partial charge in [0.15, 0.2) is 5.96 Å². The number of nitrogens with zero attached hydrogens (tertiary/aromatic N) is 2. The molecule has 1 aliphatic rings. The maximum atomic E-state index is 12.4. The predicted octanol–water partition coefficient (Wildman–Crippen LogP) is 3.67. The first-order valence-electron chi connectivity index (χ1n) is 10.0. The SMILES string of the molecule is CCNC(=NCc1cccc(OC(F)F)c1)NCc1ccc(N2CCCC2=O)cc1. The molecule has 2 aromatic carbocycles. The van der Waals surface area contributed by atoms with E-state index in [4.69, 9.17) is 0 Å². The monoisotopic (exact) mass is 416 g/mol. The zero-order chi connectivity index (χ0) is 21.3. The maximum absolute atomic E-state index is 12.4. The third kappa shape index (κ3) is 6.17. The van der Waals surface area contributed by atoms with E-state index >= 15 is 0 Å². The summed E-state index contributed by atoms with van der Waals surface area (Å²) in [6.45, 7) is 1.47. The summed E-state index contributed by atoms with van der Waals surface area (Å²) in [5, 5.41) is 6.43. The number of guanidine groups is 1. The zero-order valence-electron chi connectivity index (χ0n) is 16.9. The van der Waals surface area contributed by atoms with Crippen LogP contribution in [0.1, 0.15) is 30.9 Å². The van der Waals surface area contributed by atoms with Gasteiger partial charge in [-0.25, -0.2) is 4.99 Å². The number of benzene rings is 2. The summed E-state index contributed by atoms with van der Waals surface area (Å²) in [6, 6.07) is 14.4. The number of ether oxygens (including phenoxy) is 1. The lowest BCUT2D eigenvalue weighted by Gasteiger charge is -2.16. The van der Waals surface area contributed by atoms with Gasteiger partial charge in [-0.15, -0.1) is 0 Å². The van der Waals surface area contributed by atoms with Crippen molar-refractivity contribution in [2.75, 3.05) is 18.0 Å². The van der Waals surface area contributed by atoms with Crippen LogP contribution >= 0.6 is 0 Å². The molecule has 3 rings (SSSR count). The van der Waals surface area contributed by atoms with Gasteiger partial charge in [0, 0.05) is 31.7 Å². The van der Waals surface area contributed by atoms with Crippen molar-refractivity contribution in [1.82, 2.24) is 10.6 Å². The summed E-state index contributed by atoms with van der Waals surface area (Å²) in [5.41, 5.74) is 2.75. The molecule has 0 radical (unpaired) electrons. The summed E-state index contributed by atoms with van der Waals surface area (Å²) in [4.78, 5) is 18.2. The number of hydrogen-bond donors (Lipinski definition) is 2. The van der Waals surface area contributed by atoms with Gasteiger partial charge in [0.1, 0.15) is 5.75 Å². The molecule has 1 fully saturated rings. The number of carbonyl (C=O) groups excluding carboxylic acids is 1. The predicted molar refractivity (Wildman–Crippen MR) is 113 cm³/mol. The van der Waals surface area contributed by atoms with Gasteiger partial charge in [-0.2, -0.15) is 8.78 Å². The Hall–Kier alpha value is -3.16. The Morgan fingerprint density at radius 1 is 1.17 bits per heavy atom. The Balaban J connectivity index is 1.58. The van der Waals surface area contributed by atoms with Gasteiger partial charge in [0.2, 0.25) is 5.91 Å². The van der Waals surface area contributed by atoms with Gasteiger partial charge in [0.05, 0.1) is 6.54 Å². The fourth-order valence-electron chi connectivity index (χ4n) is 3.23. The molecule has 0 unspecified atom stereocenters. The quantitative estimate of drug-likeness (QED) is 0.509. The van der Waals surface area contributed by atoms with Gasteiger partial charge in [-0.3, -0.25) is 4.79 Å². The second-order valence-corrected chi connectivity index (χ2v) is 6.89. The average Bonchev–Trinajstić information content (AvgIpc) is 3.16. The fraction of sp³-hybridized carbons (Fsp3) is 0.364. The van der Waals surface area contributed by atoms with E-state index < -0.39 is 6.61 Å². The summed E-state index contributed by atoms with van der Waals surface area (Å²) in [6.07, 6.45) is 1.52. The van der Waals surface area contributed by atoms with Gasteiger partial charge in [-0.05, 0) is 48.7 Å². The van der Waals surface area contributed by atoms with Crippen molar-refractivity contribution in [3.63, 3.8) is 0 Å². The molecule has 1 saturated heterocycles. The Bertz CT molecular complexity index is 872. The normalized spacial score (nSPS) is 14.3. The lowest BCUT2D eigenvalue weighted by atomic mass is 10.2. The first-order valence-corrected chi connectivity index (χ1v) is 10.0. The third-order valence-electron chi connectivity index (χ3n) is 4.67. The Kier molecular flexibility index (Phi) is 7.59. The number of alkyl halides is 2. The maximum Gasteiger partial charge on any atom is 0.387 e. The molecule has 0 aliphatic carbocycles. The molecule has 0 bridgehead atoms. The minimum Gasteiger partial charge on any atom is -0.435 e. The Morgan fingerprint density at radius 2 is 1.97 bits per heavy atom. The summed E-state index contributed by atoms with van der Waals surface area (Å²) in [5.74, 6) is 0.911. The number of halogens is 2. The second-order valence-electron chi connectivity index (χ2n) is 6.89. The van der Waals surface area contributed by atoms with Gasteiger partial charge >= 0.3 is 6.61 Å². The standard InChI is InChI=1S/C22H26F2N4O2/c1-2-25-22(27-15-17-5-3-6-19(13-17)30-21(23)24)26-14-16-8-10-18(11-9-16)28-12-4-7-20(28)29/h3,5-6,8-11,13,21H,2,4,7,12,14-15H2,1H3,(H2,25,26,27). The number of rotatable bonds is 8. The first-order chi connectivity index (χ1) is 14.5. The van der Waals surface area contributed by atoms with Gasteiger partial charge in [0.25, 0.3) is 0 Å². The van der Waals surface area contributed by atoms with Crippen molar-refractivity contribution in [3.8, 4) is 5.75 Å². The largest absolute Gasteiger partial charge is 0.435 e. The Labute approximate surface area is 174 Å². The van der Waals surface area contributed by atoms with E-state index in [1.807, 2.05) is 42.2 Å². The van der Waals surface area contributed by atoms with E-state index in [1.165, 1.54) is 6.07 Å². The van der Waals surface area contributed by atoms with Crippen LogP contribution in [-0.2, 0) is 17.9 Å². The van der Waals surface area contributed by atoms with E-state index in [1.54, 1.807) is 12.1 Å². The van der Waals surface area contributed by atoms with E-state index in [0.29, 0.717) is 32.0 Å². The second kappa shape index (κ2) is 10.6. The van der Waals surface area contributed by atoms with E-state index in [-0.39, 0.29) is 11.7 Å². The molecule has 2 aromatic rings. The lowest BCUT2D eigenvalue weighted by Crippen LogP contribution is -2.36. The summed E-state index contributed by atoms with van der Waals surface area (Å²) in [7, 11) is 0. The van der Waals surface area contributed by atoms with E-state index in [0.717, 1.165) is 29.8 Å². The number of anilines is 1. The number of nitrogens with one attached hydrogen (secondary N) is 2. The molecule has 0 aromatic heterocycles. The van der Waals surface area contributed by atoms with Crippen molar-refractivity contribution in [2.45, 2.75) is 39.5 Å². The van der Waals surface area contributed by atoms with Gasteiger partial charge < -0.3 is 20.3 Å². The van der Waals surface area contributed by atoms with Crippen LogP contribution in [0.3, 0.4) is 0 Å². The van der Waals surface area contributed by atoms with Crippen molar-refractivity contribution in [1.29, 1.82) is 0 Å². The minimum absolute atomic E-state index is 0.118. The van der Waals surface area contributed by atoms with Crippen LogP contribution in [0, 0.1) is 0 Å².